The van der Waals surface area contributed by atoms with Crippen LogP contribution in [0.2, 0.25) is 0 Å². The summed E-state index contributed by atoms with van der Waals surface area (Å²) in [6.45, 7) is 0. The molecule has 35 heavy (non-hydrogen) atoms. The molecule has 0 fully saturated rings. The molecule has 15 heteroatoms. The van der Waals surface area contributed by atoms with Crippen LogP contribution in [0.3, 0.4) is 0 Å². The lowest BCUT2D eigenvalue weighted by molar-refractivity contribution is -0.385. The number of furan rings is 1. The molecule has 0 aliphatic heterocycles. The van der Waals surface area contributed by atoms with Crippen molar-refractivity contribution >= 4 is 35.6 Å². The van der Waals surface area contributed by atoms with E-state index in [1.54, 1.807) is 0 Å². The van der Waals surface area contributed by atoms with Crippen LogP contribution >= 0.6 is 0 Å². The summed E-state index contributed by atoms with van der Waals surface area (Å²) < 4.78 is 5.09. The molecule has 2 N–H and O–H groups in total. The normalized spacial score (nSPS) is 11.0. The zero-order valence-electron chi connectivity index (χ0n) is 17.2. The minimum atomic E-state index is -0.894. The summed E-state index contributed by atoms with van der Waals surface area (Å²) in [6, 6.07) is 8.28. The van der Waals surface area contributed by atoms with Gasteiger partial charge in [0.25, 0.3) is 11.4 Å². The summed E-state index contributed by atoms with van der Waals surface area (Å²) in [7, 11) is 0. The number of hydrogen-bond acceptors (Lipinski definition) is 11. The molecule has 1 heterocycles. The molecule has 178 valence electrons. The molecule has 0 saturated heterocycles. The summed E-state index contributed by atoms with van der Waals surface area (Å²) in [4.78, 5) is 44.4. The smallest absolute Gasteiger partial charge is 0.307 e. The van der Waals surface area contributed by atoms with Crippen LogP contribution in [0.15, 0.2) is 63.2 Å². The van der Waals surface area contributed by atoms with E-state index in [0.29, 0.717) is 0 Å². The van der Waals surface area contributed by atoms with E-state index in [0.717, 1.165) is 61.0 Å². The molecular formula is C20H12N6O9-2. The molecule has 0 atom stereocenters. The second-order valence-electron chi connectivity index (χ2n) is 6.52. The third-order valence-corrected chi connectivity index (χ3v) is 4.20. The van der Waals surface area contributed by atoms with Crippen molar-refractivity contribution in [3.8, 4) is 11.5 Å². The molecule has 0 unspecified atom stereocenters. The van der Waals surface area contributed by atoms with Gasteiger partial charge in [-0.3, -0.25) is 29.8 Å². The fraction of sp³-hybridized carbons (Fsp3) is 0. The Hall–Kier alpha value is -5.60. The first-order chi connectivity index (χ1) is 16.7. The summed E-state index contributed by atoms with van der Waals surface area (Å²) in [5, 5.41) is 52.0. The van der Waals surface area contributed by atoms with Crippen molar-refractivity contribution in [2.45, 2.75) is 0 Å². The van der Waals surface area contributed by atoms with E-state index in [2.05, 4.69) is 10.2 Å². The lowest BCUT2D eigenvalue weighted by atomic mass is 10.2. The van der Waals surface area contributed by atoms with Gasteiger partial charge in [-0.1, -0.05) is 23.6 Å². The van der Waals surface area contributed by atoms with E-state index in [1.165, 1.54) is 0 Å². The number of benzene rings is 2. The zero-order chi connectivity index (χ0) is 25.5. The number of nitrogens with zero attached hydrogens (tertiary/aromatic N) is 4. The lowest BCUT2D eigenvalue weighted by Crippen LogP contribution is -2.18. The first-order valence-electron chi connectivity index (χ1n) is 9.33. The molecule has 0 aliphatic carbocycles. The summed E-state index contributed by atoms with van der Waals surface area (Å²) in [5.74, 6) is -3.57. The molecular weight excluding hydrogens is 468 g/mol. The topological polar surface area (TPSA) is 228 Å². The Morgan fingerprint density at radius 1 is 0.743 bits per heavy atom. The monoisotopic (exact) mass is 480 g/mol. The molecule has 1 aromatic heterocycles. The number of amides is 2. The summed E-state index contributed by atoms with van der Waals surface area (Å²) in [5.41, 5.74) is 3.13. The van der Waals surface area contributed by atoms with E-state index < -0.39 is 33.2 Å². The Morgan fingerprint density at radius 2 is 1.14 bits per heavy atom. The van der Waals surface area contributed by atoms with Gasteiger partial charge in [0.2, 0.25) is 0 Å². The Bertz CT molecular complexity index is 1280. The van der Waals surface area contributed by atoms with Crippen LogP contribution < -0.4 is 21.1 Å². The number of hydrogen-bond donors (Lipinski definition) is 2. The minimum absolute atomic E-state index is 0.137. The highest BCUT2D eigenvalue weighted by molar-refractivity contribution is 5.96. The second kappa shape index (κ2) is 10.3. The first-order valence-corrected chi connectivity index (χ1v) is 9.33. The fourth-order valence-electron chi connectivity index (χ4n) is 2.51. The predicted molar refractivity (Wildman–Crippen MR) is 114 cm³/mol. The number of non-ortho nitro benzene ring substituents is 2. The van der Waals surface area contributed by atoms with Crippen LogP contribution in [0.25, 0.3) is 0 Å². The molecule has 0 saturated carbocycles. The Morgan fingerprint density at radius 3 is 1.51 bits per heavy atom. The molecule has 0 aliphatic rings. The van der Waals surface area contributed by atoms with Gasteiger partial charge in [-0.05, 0) is 23.3 Å². The Labute approximate surface area is 194 Å². The van der Waals surface area contributed by atoms with Gasteiger partial charge in [0.1, 0.15) is 0 Å². The van der Waals surface area contributed by atoms with Gasteiger partial charge < -0.3 is 14.6 Å². The molecule has 0 spiro atoms. The van der Waals surface area contributed by atoms with Crippen LogP contribution in [-0.4, -0.2) is 34.1 Å². The average Bonchev–Trinajstić information content (AvgIpc) is 3.31. The minimum Gasteiger partial charge on any atom is -0.872 e. The summed E-state index contributed by atoms with van der Waals surface area (Å²) in [6.07, 6.45) is 1.83. The van der Waals surface area contributed by atoms with Crippen LogP contribution in [0.1, 0.15) is 32.2 Å². The van der Waals surface area contributed by atoms with Crippen LogP contribution in [-0.2, 0) is 0 Å². The molecule has 15 nitrogen and oxygen atoms in total. The molecule has 2 aromatic carbocycles. The summed E-state index contributed by atoms with van der Waals surface area (Å²) >= 11 is 0. The molecule has 0 radical (unpaired) electrons. The zero-order valence-corrected chi connectivity index (χ0v) is 17.2. The van der Waals surface area contributed by atoms with Crippen molar-refractivity contribution < 1.29 is 34.1 Å². The Kier molecular flexibility index (Phi) is 7.11. The molecule has 0 bridgehead atoms. The van der Waals surface area contributed by atoms with E-state index >= 15 is 0 Å². The van der Waals surface area contributed by atoms with Crippen molar-refractivity contribution in [2.75, 3.05) is 0 Å². The van der Waals surface area contributed by atoms with Crippen molar-refractivity contribution in [2.24, 2.45) is 10.2 Å². The maximum atomic E-state index is 12.1. The SMILES string of the molecule is O=C(NN=Cc1cc([N+](=O)[O-])ccc1[O-])c1ccc(C(=O)NN=Cc2cc([N+](=O)[O-])ccc2[O-])o1. The van der Waals surface area contributed by atoms with Crippen LogP contribution in [0.4, 0.5) is 11.4 Å². The van der Waals surface area contributed by atoms with Gasteiger partial charge in [0, 0.05) is 24.3 Å². The van der Waals surface area contributed by atoms with Crippen LogP contribution in [0, 0.1) is 20.2 Å². The van der Waals surface area contributed by atoms with Crippen molar-refractivity contribution in [3.05, 3.63) is 91.4 Å². The van der Waals surface area contributed by atoms with Gasteiger partial charge in [-0.15, -0.1) is 0 Å². The van der Waals surface area contributed by atoms with Crippen molar-refractivity contribution in [1.29, 1.82) is 0 Å². The Balaban J connectivity index is 1.61. The average molecular weight is 480 g/mol. The van der Waals surface area contributed by atoms with Gasteiger partial charge >= 0.3 is 11.8 Å². The van der Waals surface area contributed by atoms with E-state index in [9.17, 15) is 40.0 Å². The molecule has 3 rings (SSSR count). The second-order valence-corrected chi connectivity index (χ2v) is 6.52. The van der Waals surface area contributed by atoms with Gasteiger partial charge in [0.05, 0.1) is 22.3 Å². The molecule has 3 aromatic rings. The molecule has 2 amide bonds. The highest BCUT2D eigenvalue weighted by Crippen LogP contribution is 2.20. The van der Waals surface area contributed by atoms with Gasteiger partial charge in [0.15, 0.2) is 11.5 Å². The number of nitro groups is 2. The first kappa shape index (κ1) is 24.1. The van der Waals surface area contributed by atoms with E-state index in [-0.39, 0.29) is 34.0 Å². The quantitative estimate of drug-likeness (QED) is 0.263. The maximum Gasteiger partial charge on any atom is 0.307 e. The van der Waals surface area contributed by atoms with Crippen LogP contribution in [0.5, 0.6) is 11.5 Å². The predicted octanol–water partition coefficient (Wildman–Crippen LogP) is 0.771. The highest BCUT2D eigenvalue weighted by atomic mass is 16.6. The number of rotatable bonds is 8. The standard InChI is InChI=1S/C20H14N6O9/c27-15-3-1-13(25(31)32)7-11(15)9-21-23-19(29)17-5-6-18(35-17)20(30)24-22-10-12-8-14(26(33)34)2-4-16(12)28/h1-10,27-28H,(H,23,29)(H,24,30)/p-2. The van der Waals surface area contributed by atoms with E-state index in [4.69, 9.17) is 4.42 Å². The fourth-order valence-corrected chi connectivity index (χ4v) is 2.51. The van der Waals surface area contributed by atoms with E-state index in [1.807, 2.05) is 10.9 Å². The largest absolute Gasteiger partial charge is 0.872 e. The number of carbonyl (C=O) groups is 2. The van der Waals surface area contributed by atoms with Gasteiger partial charge in [-0.2, -0.15) is 10.2 Å². The van der Waals surface area contributed by atoms with Crippen molar-refractivity contribution in [3.63, 3.8) is 0 Å². The third-order valence-electron chi connectivity index (χ3n) is 4.20. The third kappa shape index (κ3) is 6.01. The number of nitrogens with one attached hydrogen (secondary N) is 2. The number of nitro benzene ring substituents is 2. The van der Waals surface area contributed by atoms with Gasteiger partial charge in [-0.25, -0.2) is 10.9 Å². The maximum absolute atomic E-state index is 12.1. The highest BCUT2D eigenvalue weighted by Gasteiger charge is 2.15. The number of carbonyl (C=O) groups excluding carboxylic acids is 2. The van der Waals surface area contributed by atoms with Crippen molar-refractivity contribution in [1.82, 2.24) is 10.9 Å². The number of hydrazone groups is 2. The lowest BCUT2D eigenvalue weighted by Gasteiger charge is -2.08.